The summed E-state index contributed by atoms with van der Waals surface area (Å²) in [7, 11) is 1.72. The maximum atomic E-state index is 5.35. The number of rotatable bonds is 5. The predicted octanol–water partition coefficient (Wildman–Crippen LogP) is 1.05. The molecular weight excluding hydrogens is 168 g/mol. The topological polar surface area (TPSA) is 52.8 Å². The molecule has 0 fully saturated rings. The van der Waals surface area contributed by atoms with Crippen molar-refractivity contribution in [2.75, 3.05) is 7.11 Å². The lowest BCUT2D eigenvalue weighted by Gasteiger charge is -2.20. The Labute approximate surface area is 78.1 Å². The van der Waals surface area contributed by atoms with Gasteiger partial charge in [0, 0.05) is 7.11 Å². The van der Waals surface area contributed by atoms with Gasteiger partial charge in [-0.3, -0.25) is 0 Å². The first-order valence-electron chi connectivity index (χ1n) is 4.54. The Morgan fingerprint density at radius 3 is 2.77 bits per heavy atom. The van der Waals surface area contributed by atoms with Gasteiger partial charge in [0.1, 0.15) is 0 Å². The van der Waals surface area contributed by atoms with Crippen LogP contribution in [0.5, 0.6) is 0 Å². The summed E-state index contributed by atoms with van der Waals surface area (Å²) in [6, 6.07) is 0.146. The van der Waals surface area contributed by atoms with E-state index < -0.39 is 0 Å². The molecule has 2 atom stereocenters. The van der Waals surface area contributed by atoms with Crippen LogP contribution in [0.1, 0.15) is 32.7 Å². The van der Waals surface area contributed by atoms with Gasteiger partial charge in [-0.2, -0.15) is 4.80 Å². The lowest BCUT2D eigenvalue weighted by Crippen LogP contribution is -2.25. The molecule has 5 heteroatoms. The Morgan fingerprint density at radius 1 is 1.54 bits per heavy atom. The van der Waals surface area contributed by atoms with E-state index in [9.17, 15) is 0 Å². The first kappa shape index (κ1) is 10.1. The molecular formula is C8H16N4O. The smallest absolute Gasteiger partial charge is 0.162 e. The average molecular weight is 184 g/mol. The van der Waals surface area contributed by atoms with Gasteiger partial charge in [-0.25, -0.2) is 0 Å². The van der Waals surface area contributed by atoms with Crippen molar-refractivity contribution in [2.45, 2.75) is 38.8 Å². The zero-order valence-electron chi connectivity index (χ0n) is 8.34. The largest absolute Gasteiger partial charge is 0.379 e. The van der Waals surface area contributed by atoms with Gasteiger partial charge in [-0.1, -0.05) is 13.3 Å². The van der Waals surface area contributed by atoms with Crippen molar-refractivity contribution in [3.8, 4) is 0 Å². The number of nitrogens with zero attached hydrogens (tertiary/aromatic N) is 4. The van der Waals surface area contributed by atoms with Crippen LogP contribution in [0.2, 0.25) is 0 Å². The van der Waals surface area contributed by atoms with Gasteiger partial charge in [0.25, 0.3) is 0 Å². The van der Waals surface area contributed by atoms with Crippen molar-refractivity contribution < 1.29 is 4.74 Å². The summed E-state index contributed by atoms with van der Waals surface area (Å²) in [4.78, 5) is 1.59. The second-order valence-corrected chi connectivity index (χ2v) is 3.06. The van der Waals surface area contributed by atoms with Crippen LogP contribution in [0.15, 0.2) is 6.33 Å². The van der Waals surface area contributed by atoms with E-state index in [4.69, 9.17) is 4.74 Å². The summed E-state index contributed by atoms with van der Waals surface area (Å²) in [5.74, 6) is 0. The van der Waals surface area contributed by atoms with Crippen molar-refractivity contribution in [1.29, 1.82) is 0 Å². The Kier molecular flexibility index (Phi) is 3.82. The summed E-state index contributed by atoms with van der Waals surface area (Å²) >= 11 is 0. The fraction of sp³-hybridized carbons (Fsp3) is 0.875. The van der Waals surface area contributed by atoms with Crippen molar-refractivity contribution in [2.24, 2.45) is 0 Å². The monoisotopic (exact) mass is 184 g/mol. The number of hydrogen-bond donors (Lipinski definition) is 0. The Morgan fingerprint density at radius 2 is 2.31 bits per heavy atom. The molecule has 1 aromatic rings. The molecule has 5 nitrogen and oxygen atoms in total. The van der Waals surface area contributed by atoms with Crippen LogP contribution >= 0.6 is 0 Å². The standard InChI is InChI=1S/C8H16N4O/c1-4-5-8(13-3)7(2)12-10-6-9-11-12/h6-8H,4-5H2,1-3H3/t7-,8+/m0/s1. The van der Waals surface area contributed by atoms with Gasteiger partial charge in [-0.05, 0) is 18.6 Å². The van der Waals surface area contributed by atoms with E-state index in [-0.39, 0.29) is 12.1 Å². The second kappa shape index (κ2) is 4.91. The molecule has 0 unspecified atom stereocenters. The first-order chi connectivity index (χ1) is 6.29. The third-order valence-corrected chi connectivity index (χ3v) is 2.14. The molecule has 1 heterocycles. The van der Waals surface area contributed by atoms with E-state index in [1.54, 1.807) is 11.9 Å². The molecule has 0 aliphatic carbocycles. The third-order valence-electron chi connectivity index (χ3n) is 2.14. The predicted molar refractivity (Wildman–Crippen MR) is 48.2 cm³/mol. The third kappa shape index (κ3) is 2.48. The van der Waals surface area contributed by atoms with Gasteiger partial charge >= 0.3 is 0 Å². The Balaban J connectivity index is 2.58. The lowest BCUT2D eigenvalue weighted by atomic mass is 10.1. The highest BCUT2D eigenvalue weighted by molar-refractivity contribution is 4.67. The van der Waals surface area contributed by atoms with Gasteiger partial charge in [0.15, 0.2) is 6.33 Å². The maximum Gasteiger partial charge on any atom is 0.162 e. The average Bonchev–Trinajstić information content (AvgIpc) is 2.65. The van der Waals surface area contributed by atoms with Crippen molar-refractivity contribution >= 4 is 0 Å². The molecule has 1 rings (SSSR count). The highest BCUT2D eigenvalue weighted by Crippen LogP contribution is 2.15. The molecule has 0 amide bonds. The number of methoxy groups -OCH3 is 1. The van der Waals surface area contributed by atoms with Crippen molar-refractivity contribution in [3.63, 3.8) is 0 Å². The zero-order chi connectivity index (χ0) is 9.68. The van der Waals surface area contributed by atoms with E-state index in [1.807, 2.05) is 6.92 Å². The van der Waals surface area contributed by atoms with E-state index in [2.05, 4.69) is 22.3 Å². The van der Waals surface area contributed by atoms with Crippen LogP contribution in [-0.2, 0) is 4.74 Å². The van der Waals surface area contributed by atoms with Crippen LogP contribution in [0.3, 0.4) is 0 Å². The van der Waals surface area contributed by atoms with Crippen LogP contribution in [0, 0.1) is 0 Å². The quantitative estimate of drug-likeness (QED) is 0.686. The van der Waals surface area contributed by atoms with Crippen LogP contribution < -0.4 is 0 Å². The summed E-state index contributed by atoms with van der Waals surface area (Å²) in [5, 5.41) is 11.5. The highest BCUT2D eigenvalue weighted by Gasteiger charge is 2.18. The fourth-order valence-corrected chi connectivity index (χ4v) is 1.35. The maximum absolute atomic E-state index is 5.35. The molecule has 1 aromatic heterocycles. The SMILES string of the molecule is CCC[C@@H](OC)[C@H](C)n1ncnn1. The van der Waals surface area contributed by atoms with Gasteiger partial charge in [0.05, 0.1) is 12.1 Å². The van der Waals surface area contributed by atoms with Gasteiger partial charge in [0.2, 0.25) is 0 Å². The minimum absolute atomic E-state index is 0.146. The minimum atomic E-state index is 0.146. The molecule has 0 bridgehead atoms. The number of aromatic nitrogens is 4. The zero-order valence-corrected chi connectivity index (χ0v) is 8.34. The van der Waals surface area contributed by atoms with Crippen molar-refractivity contribution in [3.05, 3.63) is 6.33 Å². The highest BCUT2D eigenvalue weighted by atomic mass is 16.5. The molecule has 0 spiro atoms. The molecule has 0 saturated carbocycles. The summed E-state index contributed by atoms with van der Waals surface area (Å²) < 4.78 is 5.35. The summed E-state index contributed by atoms with van der Waals surface area (Å²) in [6.45, 7) is 4.17. The lowest BCUT2D eigenvalue weighted by molar-refractivity contribution is 0.0457. The van der Waals surface area contributed by atoms with E-state index in [0.29, 0.717) is 0 Å². The van der Waals surface area contributed by atoms with E-state index in [0.717, 1.165) is 12.8 Å². The number of hydrogen-bond acceptors (Lipinski definition) is 4. The van der Waals surface area contributed by atoms with Crippen molar-refractivity contribution in [1.82, 2.24) is 20.2 Å². The molecule has 0 aromatic carbocycles. The van der Waals surface area contributed by atoms with Gasteiger partial charge in [-0.15, -0.1) is 10.2 Å². The van der Waals surface area contributed by atoms with E-state index >= 15 is 0 Å². The number of tetrazole rings is 1. The van der Waals surface area contributed by atoms with Crippen LogP contribution in [0.4, 0.5) is 0 Å². The Bertz CT molecular complexity index is 224. The summed E-state index contributed by atoms with van der Waals surface area (Å²) in [5.41, 5.74) is 0. The van der Waals surface area contributed by atoms with Crippen LogP contribution in [-0.4, -0.2) is 33.4 Å². The minimum Gasteiger partial charge on any atom is -0.379 e. The van der Waals surface area contributed by atoms with Crippen LogP contribution in [0.25, 0.3) is 0 Å². The summed E-state index contributed by atoms with van der Waals surface area (Å²) in [6.07, 6.45) is 3.71. The Hall–Kier alpha value is -0.970. The normalized spacial score (nSPS) is 15.6. The molecule has 74 valence electrons. The van der Waals surface area contributed by atoms with Gasteiger partial charge < -0.3 is 4.74 Å². The molecule has 13 heavy (non-hydrogen) atoms. The number of ether oxygens (including phenoxy) is 1. The molecule has 0 aliphatic rings. The molecule has 0 aliphatic heterocycles. The second-order valence-electron chi connectivity index (χ2n) is 3.06. The van der Waals surface area contributed by atoms with E-state index in [1.165, 1.54) is 6.33 Å². The first-order valence-corrected chi connectivity index (χ1v) is 4.54. The molecule has 0 radical (unpaired) electrons. The fourth-order valence-electron chi connectivity index (χ4n) is 1.35. The molecule has 0 saturated heterocycles. The molecule has 0 N–H and O–H groups in total.